The van der Waals surface area contributed by atoms with Gasteiger partial charge in [0.2, 0.25) is 0 Å². The molecule has 0 saturated carbocycles. The largest absolute Gasteiger partial charge is 0.507 e. The van der Waals surface area contributed by atoms with Crippen LogP contribution in [-0.4, -0.2) is 33.5 Å². The number of aryl methyl sites for hydroxylation is 2. The first-order valence-electron chi connectivity index (χ1n) is 10.4. The first kappa shape index (κ1) is 22.0. The van der Waals surface area contributed by atoms with Gasteiger partial charge in [-0.05, 0) is 61.7 Å². The van der Waals surface area contributed by atoms with Gasteiger partial charge < -0.3 is 10.2 Å². The van der Waals surface area contributed by atoms with Crippen LogP contribution >= 0.6 is 0 Å². The minimum atomic E-state index is -1.04. The molecule has 0 bridgehead atoms. The lowest BCUT2D eigenvalue weighted by Gasteiger charge is -2.13. The maximum atomic E-state index is 13.0. The number of hydrazone groups is 1. The minimum Gasteiger partial charge on any atom is -0.507 e. The number of hydrogen-bond acceptors (Lipinski definition) is 5. The van der Waals surface area contributed by atoms with Crippen LogP contribution in [0.5, 0.6) is 5.75 Å². The maximum absolute atomic E-state index is 13.0. The van der Waals surface area contributed by atoms with Crippen molar-refractivity contribution in [2.75, 3.05) is 5.01 Å². The number of carbonyl (C=O) groups is 2. The Bertz CT molecular complexity index is 1340. The van der Waals surface area contributed by atoms with E-state index in [0.717, 1.165) is 11.1 Å². The van der Waals surface area contributed by atoms with Crippen molar-refractivity contribution in [1.82, 2.24) is 0 Å². The van der Waals surface area contributed by atoms with Crippen molar-refractivity contribution >= 4 is 29.0 Å². The number of amides is 1. The molecule has 0 unspecified atom stereocenters. The van der Waals surface area contributed by atoms with Gasteiger partial charge in [0, 0.05) is 11.1 Å². The number of carboxylic acids is 1. The summed E-state index contributed by atoms with van der Waals surface area (Å²) in [5, 5.41) is 25.8. The van der Waals surface area contributed by atoms with Crippen LogP contribution < -0.4 is 5.01 Å². The smallest absolute Gasteiger partial charge is 0.335 e. The van der Waals surface area contributed by atoms with Crippen molar-refractivity contribution in [3.63, 3.8) is 0 Å². The summed E-state index contributed by atoms with van der Waals surface area (Å²) in [6.07, 6.45) is 0. The van der Waals surface area contributed by atoms with Crippen LogP contribution in [0.15, 0.2) is 70.8 Å². The molecule has 0 spiro atoms. The number of anilines is 1. The van der Waals surface area contributed by atoms with E-state index in [1.807, 2.05) is 32.0 Å². The summed E-state index contributed by atoms with van der Waals surface area (Å²) in [6.45, 7) is 5.79. The number of aliphatic imine (C=N–C) groups is 1. The predicted octanol–water partition coefficient (Wildman–Crippen LogP) is 4.74. The van der Waals surface area contributed by atoms with Gasteiger partial charge >= 0.3 is 5.97 Å². The van der Waals surface area contributed by atoms with E-state index in [0.29, 0.717) is 28.1 Å². The van der Waals surface area contributed by atoms with E-state index in [-0.39, 0.29) is 29.5 Å². The number of nitrogens with zero attached hydrogens (tertiary/aromatic N) is 3. The fourth-order valence-corrected chi connectivity index (χ4v) is 3.65. The summed E-state index contributed by atoms with van der Waals surface area (Å²) in [5.41, 5.74) is 5.34. The second-order valence-electron chi connectivity index (χ2n) is 7.94. The molecule has 2 N–H and O–H groups in total. The van der Waals surface area contributed by atoms with Gasteiger partial charge in [-0.25, -0.2) is 4.79 Å². The van der Waals surface area contributed by atoms with Gasteiger partial charge in [0.1, 0.15) is 11.5 Å². The Morgan fingerprint density at radius 1 is 1.00 bits per heavy atom. The Morgan fingerprint density at radius 2 is 1.76 bits per heavy atom. The maximum Gasteiger partial charge on any atom is 0.335 e. The zero-order chi connectivity index (χ0) is 23.7. The fraction of sp³-hybridized carbons (Fsp3) is 0.154. The number of aromatic carboxylic acids is 1. The quantitative estimate of drug-likeness (QED) is 0.597. The summed E-state index contributed by atoms with van der Waals surface area (Å²) >= 11 is 0. The number of phenolic OH excluding ortho intramolecular Hbond substituents is 1. The monoisotopic (exact) mass is 441 g/mol. The summed E-state index contributed by atoms with van der Waals surface area (Å²) in [7, 11) is 0. The van der Waals surface area contributed by atoms with E-state index in [2.05, 4.69) is 10.1 Å². The first-order valence-corrected chi connectivity index (χ1v) is 10.4. The van der Waals surface area contributed by atoms with Gasteiger partial charge in [-0.2, -0.15) is 10.1 Å². The number of carboxylic acid groups (broad SMARTS) is 1. The molecule has 3 aromatic rings. The third kappa shape index (κ3) is 4.25. The van der Waals surface area contributed by atoms with Crippen molar-refractivity contribution in [1.29, 1.82) is 0 Å². The average molecular weight is 441 g/mol. The molecule has 166 valence electrons. The number of benzene rings is 3. The van der Waals surface area contributed by atoms with Gasteiger partial charge in [-0.15, -0.1) is 0 Å². The standard InChI is InChI=1S/C26H23N3O4/c1-15-10-11-21(12-16(15)2)29-25(31)23(17(3)28-29)27-14-20-8-5-9-22(24(20)30)18-6-4-7-19(13-18)26(32)33/h4-13,30H,14H2,1-3H3,(H,32,33). The van der Waals surface area contributed by atoms with Crippen molar-refractivity contribution < 1.29 is 19.8 Å². The highest BCUT2D eigenvalue weighted by molar-refractivity contribution is 6.71. The molecule has 0 radical (unpaired) electrons. The lowest BCUT2D eigenvalue weighted by molar-refractivity contribution is -0.112. The van der Waals surface area contributed by atoms with Crippen molar-refractivity contribution in [3.05, 3.63) is 82.9 Å². The Labute approximate surface area is 191 Å². The second kappa shape index (κ2) is 8.70. The summed E-state index contributed by atoms with van der Waals surface area (Å²) in [6, 6.07) is 17.3. The van der Waals surface area contributed by atoms with E-state index in [1.165, 1.54) is 17.1 Å². The number of para-hydroxylation sites is 1. The molecule has 7 heteroatoms. The highest BCUT2D eigenvalue weighted by Gasteiger charge is 2.30. The fourth-order valence-electron chi connectivity index (χ4n) is 3.65. The number of aromatic hydroxyl groups is 1. The van der Waals surface area contributed by atoms with E-state index in [1.54, 1.807) is 37.3 Å². The van der Waals surface area contributed by atoms with Crippen LogP contribution in [0.3, 0.4) is 0 Å². The highest BCUT2D eigenvalue weighted by atomic mass is 16.4. The Kier molecular flexibility index (Phi) is 5.79. The molecule has 1 aliphatic rings. The molecular formula is C26H23N3O4. The number of carbonyl (C=O) groups excluding carboxylic acids is 1. The Balaban J connectivity index is 1.61. The van der Waals surface area contributed by atoms with E-state index < -0.39 is 5.97 Å². The number of rotatable bonds is 5. The summed E-state index contributed by atoms with van der Waals surface area (Å²) < 4.78 is 0. The van der Waals surface area contributed by atoms with Gasteiger partial charge in [-0.1, -0.05) is 36.4 Å². The Hall–Kier alpha value is -4.26. The van der Waals surface area contributed by atoms with Gasteiger partial charge in [0.25, 0.3) is 5.91 Å². The minimum absolute atomic E-state index is 0.00422. The topological polar surface area (TPSA) is 103 Å². The van der Waals surface area contributed by atoms with E-state index in [4.69, 9.17) is 0 Å². The summed E-state index contributed by atoms with van der Waals surface area (Å²) in [4.78, 5) is 28.7. The molecule has 0 atom stereocenters. The Morgan fingerprint density at radius 3 is 2.48 bits per heavy atom. The summed E-state index contributed by atoms with van der Waals surface area (Å²) in [5.74, 6) is -1.36. The van der Waals surface area contributed by atoms with Crippen molar-refractivity contribution in [2.45, 2.75) is 27.3 Å². The molecule has 0 aromatic heterocycles. The molecule has 3 aromatic carbocycles. The van der Waals surface area contributed by atoms with Crippen LogP contribution in [0.2, 0.25) is 0 Å². The lowest BCUT2D eigenvalue weighted by Crippen LogP contribution is -2.27. The van der Waals surface area contributed by atoms with Crippen LogP contribution in [0.1, 0.15) is 34.0 Å². The van der Waals surface area contributed by atoms with Crippen LogP contribution in [-0.2, 0) is 11.3 Å². The molecule has 33 heavy (non-hydrogen) atoms. The molecule has 1 aliphatic heterocycles. The molecule has 4 rings (SSSR count). The van der Waals surface area contributed by atoms with E-state index in [9.17, 15) is 19.8 Å². The lowest BCUT2D eigenvalue weighted by atomic mass is 9.99. The first-order chi connectivity index (χ1) is 15.8. The molecule has 0 fully saturated rings. The molecular weight excluding hydrogens is 418 g/mol. The van der Waals surface area contributed by atoms with Gasteiger partial charge in [0.05, 0.1) is 23.5 Å². The van der Waals surface area contributed by atoms with E-state index >= 15 is 0 Å². The normalized spacial score (nSPS) is 14.6. The SMILES string of the molecule is CC1=NN(c2ccc(C)c(C)c2)C(=O)C1=NCc1cccc(-c2cccc(C(=O)O)c2)c1O. The van der Waals surface area contributed by atoms with Gasteiger partial charge in [-0.3, -0.25) is 9.79 Å². The molecule has 7 nitrogen and oxygen atoms in total. The second-order valence-corrected chi connectivity index (χ2v) is 7.94. The van der Waals surface area contributed by atoms with Crippen molar-refractivity contribution in [3.8, 4) is 16.9 Å². The zero-order valence-corrected chi connectivity index (χ0v) is 18.5. The predicted molar refractivity (Wildman–Crippen MR) is 128 cm³/mol. The molecule has 1 heterocycles. The van der Waals surface area contributed by atoms with Gasteiger partial charge in [0.15, 0.2) is 0 Å². The van der Waals surface area contributed by atoms with Crippen LogP contribution in [0.25, 0.3) is 11.1 Å². The van der Waals surface area contributed by atoms with Crippen LogP contribution in [0.4, 0.5) is 5.69 Å². The highest BCUT2D eigenvalue weighted by Crippen LogP contribution is 2.33. The van der Waals surface area contributed by atoms with Crippen LogP contribution in [0, 0.1) is 13.8 Å². The van der Waals surface area contributed by atoms with Crippen molar-refractivity contribution in [2.24, 2.45) is 10.1 Å². The molecule has 1 amide bonds. The number of hydrogen-bond donors (Lipinski definition) is 2. The third-order valence-corrected chi connectivity index (χ3v) is 5.67. The number of phenols is 1. The third-order valence-electron chi connectivity index (χ3n) is 5.67. The molecule has 0 saturated heterocycles. The molecule has 0 aliphatic carbocycles. The zero-order valence-electron chi connectivity index (χ0n) is 18.5. The average Bonchev–Trinajstić information content (AvgIpc) is 3.08.